The van der Waals surface area contributed by atoms with Gasteiger partial charge in [0.2, 0.25) is 11.0 Å². The van der Waals surface area contributed by atoms with Crippen molar-refractivity contribution in [1.29, 1.82) is 0 Å². The van der Waals surface area contributed by atoms with E-state index in [0.717, 1.165) is 15.2 Å². The predicted molar refractivity (Wildman–Crippen MR) is 104 cm³/mol. The van der Waals surface area contributed by atoms with E-state index in [4.69, 9.17) is 11.6 Å². The third-order valence-electron chi connectivity index (χ3n) is 3.15. The normalized spacial score (nSPS) is 10.4. The van der Waals surface area contributed by atoms with Gasteiger partial charge in [-0.15, -0.1) is 10.2 Å². The third-order valence-corrected chi connectivity index (χ3v) is 5.41. The van der Waals surface area contributed by atoms with Crippen LogP contribution < -0.4 is 10.6 Å². The Morgan fingerprint density at radius 1 is 1.08 bits per heavy atom. The summed E-state index contributed by atoms with van der Waals surface area (Å²) in [6.45, 7) is 0.692. The highest BCUT2D eigenvalue weighted by Crippen LogP contribution is 2.26. The Kier molecular flexibility index (Phi) is 6.27. The largest absolute Gasteiger partial charge is 0.356 e. The Balaban J connectivity index is 1.45. The number of amides is 1. The molecular weight excluding hydrogens is 376 g/mol. The molecule has 1 aromatic heterocycles. The molecule has 5 nitrogen and oxygen atoms in total. The summed E-state index contributed by atoms with van der Waals surface area (Å²) in [4.78, 5) is 12.0. The second-order valence-electron chi connectivity index (χ2n) is 5.06. The first-order chi connectivity index (χ1) is 12.2. The number of hydrogen-bond donors (Lipinski definition) is 2. The van der Waals surface area contributed by atoms with Gasteiger partial charge in [-0.1, -0.05) is 65.0 Å². The van der Waals surface area contributed by atoms with Crippen LogP contribution in [-0.2, 0) is 11.3 Å². The van der Waals surface area contributed by atoms with Gasteiger partial charge < -0.3 is 10.6 Å². The first-order valence-corrected chi connectivity index (χ1v) is 9.66. The lowest BCUT2D eigenvalue weighted by Crippen LogP contribution is -2.13. The number of benzene rings is 2. The molecule has 0 bridgehead atoms. The summed E-state index contributed by atoms with van der Waals surface area (Å²) in [5.41, 5.74) is 1.90. The summed E-state index contributed by atoms with van der Waals surface area (Å²) in [5, 5.41) is 15.6. The van der Waals surface area contributed by atoms with Crippen molar-refractivity contribution < 1.29 is 4.79 Å². The van der Waals surface area contributed by atoms with Crippen LogP contribution in [0, 0.1) is 0 Å². The SMILES string of the molecule is O=C(CSc1nnc(NCc2ccccc2)s1)Nc1ccc(Cl)cc1. The number of anilines is 2. The van der Waals surface area contributed by atoms with Gasteiger partial charge in [0.25, 0.3) is 0 Å². The van der Waals surface area contributed by atoms with Crippen LogP contribution in [0.2, 0.25) is 5.02 Å². The Hall–Kier alpha value is -2.09. The van der Waals surface area contributed by atoms with Gasteiger partial charge in [0.05, 0.1) is 5.75 Å². The standard InChI is InChI=1S/C17H15ClN4OS2/c18-13-6-8-14(9-7-13)20-15(23)11-24-17-22-21-16(25-17)19-10-12-4-2-1-3-5-12/h1-9H,10-11H2,(H,19,21)(H,20,23). The van der Waals surface area contributed by atoms with Crippen molar-refractivity contribution in [3.8, 4) is 0 Å². The van der Waals surface area contributed by atoms with Crippen LogP contribution in [0.25, 0.3) is 0 Å². The number of carbonyl (C=O) groups excluding carboxylic acids is 1. The molecule has 0 saturated heterocycles. The van der Waals surface area contributed by atoms with Crippen LogP contribution in [0.1, 0.15) is 5.56 Å². The molecule has 0 radical (unpaired) electrons. The molecule has 0 aliphatic heterocycles. The summed E-state index contributed by atoms with van der Waals surface area (Å²) >= 11 is 8.61. The maximum Gasteiger partial charge on any atom is 0.234 e. The zero-order chi connectivity index (χ0) is 17.5. The highest BCUT2D eigenvalue weighted by atomic mass is 35.5. The number of thioether (sulfide) groups is 1. The van der Waals surface area contributed by atoms with Crippen molar-refractivity contribution in [2.75, 3.05) is 16.4 Å². The van der Waals surface area contributed by atoms with Crippen molar-refractivity contribution in [2.45, 2.75) is 10.9 Å². The topological polar surface area (TPSA) is 66.9 Å². The predicted octanol–water partition coefficient (Wildman–Crippen LogP) is 4.53. The van der Waals surface area contributed by atoms with Crippen molar-refractivity contribution >= 4 is 51.4 Å². The van der Waals surface area contributed by atoms with Gasteiger partial charge in [0, 0.05) is 17.3 Å². The summed E-state index contributed by atoms with van der Waals surface area (Å²) in [6.07, 6.45) is 0. The number of rotatable bonds is 7. The van der Waals surface area contributed by atoms with Gasteiger partial charge >= 0.3 is 0 Å². The van der Waals surface area contributed by atoms with Crippen LogP contribution in [0.15, 0.2) is 58.9 Å². The Bertz CT molecular complexity index is 824. The first kappa shape index (κ1) is 17.7. The maximum absolute atomic E-state index is 12.0. The highest BCUT2D eigenvalue weighted by Gasteiger charge is 2.08. The fourth-order valence-corrected chi connectivity index (χ4v) is 3.64. The molecule has 0 aliphatic carbocycles. The molecule has 0 unspecified atom stereocenters. The van der Waals surface area contributed by atoms with E-state index >= 15 is 0 Å². The third kappa shape index (κ3) is 5.74. The summed E-state index contributed by atoms with van der Waals surface area (Å²) < 4.78 is 0.752. The summed E-state index contributed by atoms with van der Waals surface area (Å²) in [5.74, 6) is 0.178. The van der Waals surface area contributed by atoms with Crippen LogP contribution in [0.5, 0.6) is 0 Å². The van der Waals surface area contributed by atoms with Gasteiger partial charge in [0.1, 0.15) is 0 Å². The Morgan fingerprint density at radius 3 is 2.60 bits per heavy atom. The fourth-order valence-electron chi connectivity index (χ4n) is 1.97. The molecular formula is C17H15ClN4OS2. The molecule has 3 aromatic rings. The molecule has 0 aliphatic rings. The molecule has 1 amide bonds. The number of halogens is 1. The van der Waals surface area contributed by atoms with Gasteiger partial charge in [0.15, 0.2) is 4.34 Å². The zero-order valence-electron chi connectivity index (χ0n) is 13.1. The van der Waals surface area contributed by atoms with E-state index < -0.39 is 0 Å². The van der Waals surface area contributed by atoms with Crippen molar-refractivity contribution in [2.24, 2.45) is 0 Å². The Morgan fingerprint density at radius 2 is 1.84 bits per heavy atom. The minimum atomic E-state index is -0.0960. The van der Waals surface area contributed by atoms with Crippen molar-refractivity contribution in [3.05, 3.63) is 65.2 Å². The first-order valence-electron chi connectivity index (χ1n) is 7.48. The molecule has 0 saturated carbocycles. The number of aromatic nitrogens is 2. The van der Waals surface area contributed by atoms with Crippen LogP contribution in [-0.4, -0.2) is 21.9 Å². The molecule has 0 fully saturated rings. The average Bonchev–Trinajstić information content (AvgIpc) is 3.09. The van der Waals surface area contributed by atoms with Crippen molar-refractivity contribution in [3.63, 3.8) is 0 Å². The fraction of sp³-hybridized carbons (Fsp3) is 0.118. The average molecular weight is 391 g/mol. The number of carbonyl (C=O) groups is 1. The lowest BCUT2D eigenvalue weighted by atomic mass is 10.2. The van der Waals surface area contributed by atoms with Crippen molar-refractivity contribution in [1.82, 2.24) is 10.2 Å². The second kappa shape index (κ2) is 8.84. The maximum atomic E-state index is 12.0. The smallest absolute Gasteiger partial charge is 0.234 e. The van der Waals surface area contributed by atoms with E-state index in [2.05, 4.69) is 20.8 Å². The number of nitrogens with one attached hydrogen (secondary N) is 2. The van der Waals surface area contributed by atoms with E-state index in [-0.39, 0.29) is 11.7 Å². The molecule has 25 heavy (non-hydrogen) atoms. The lowest BCUT2D eigenvalue weighted by molar-refractivity contribution is -0.113. The van der Waals surface area contributed by atoms with Gasteiger partial charge in [-0.25, -0.2) is 0 Å². The second-order valence-corrected chi connectivity index (χ2v) is 7.69. The monoisotopic (exact) mass is 390 g/mol. The van der Waals surface area contributed by atoms with Crippen LogP contribution >= 0.6 is 34.7 Å². The van der Waals surface area contributed by atoms with E-state index in [1.54, 1.807) is 24.3 Å². The van der Waals surface area contributed by atoms with E-state index in [1.165, 1.54) is 28.7 Å². The minimum Gasteiger partial charge on any atom is -0.356 e. The lowest BCUT2D eigenvalue weighted by Gasteiger charge is -2.03. The zero-order valence-corrected chi connectivity index (χ0v) is 15.5. The number of hydrogen-bond acceptors (Lipinski definition) is 6. The summed E-state index contributed by atoms with van der Waals surface area (Å²) in [7, 11) is 0. The van der Waals surface area contributed by atoms with Crippen LogP contribution in [0.4, 0.5) is 10.8 Å². The highest BCUT2D eigenvalue weighted by molar-refractivity contribution is 8.01. The summed E-state index contributed by atoms with van der Waals surface area (Å²) in [6, 6.07) is 17.1. The van der Waals surface area contributed by atoms with Gasteiger partial charge in [-0.3, -0.25) is 4.79 Å². The molecule has 2 aromatic carbocycles. The molecule has 1 heterocycles. The minimum absolute atomic E-state index is 0.0960. The molecule has 8 heteroatoms. The molecule has 0 atom stereocenters. The van der Waals surface area contributed by atoms with Gasteiger partial charge in [-0.05, 0) is 29.8 Å². The molecule has 3 rings (SSSR count). The number of nitrogens with zero attached hydrogens (tertiary/aromatic N) is 2. The molecule has 0 spiro atoms. The quantitative estimate of drug-likeness (QED) is 0.580. The Labute approximate surface area is 158 Å². The molecule has 128 valence electrons. The van der Waals surface area contributed by atoms with Crippen LogP contribution in [0.3, 0.4) is 0 Å². The van der Waals surface area contributed by atoms with E-state index in [1.807, 2.05) is 30.3 Å². The van der Waals surface area contributed by atoms with Gasteiger partial charge in [-0.2, -0.15) is 0 Å². The molecule has 2 N–H and O–H groups in total. The van der Waals surface area contributed by atoms with E-state index in [0.29, 0.717) is 11.6 Å². The van der Waals surface area contributed by atoms with E-state index in [9.17, 15) is 4.79 Å².